The van der Waals surface area contributed by atoms with Crippen molar-refractivity contribution in [2.24, 2.45) is 0 Å². The Labute approximate surface area is 114 Å². The molecule has 3 nitrogen and oxygen atoms in total. The highest BCUT2D eigenvalue weighted by Gasteiger charge is 2.21. The molecule has 1 N–H and O–H groups in total. The van der Waals surface area contributed by atoms with Crippen molar-refractivity contribution in [1.82, 2.24) is 4.72 Å². The Morgan fingerprint density at radius 1 is 1.29 bits per heavy atom. The number of halogens is 4. The largest absolute Gasteiger partial charge is 0.242 e. The lowest BCUT2D eigenvalue weighted by Gasteiger charge is -2.08. The van der Waals surface area contributed by atoms with Crippen LogP contribution in [0.15, 0.2) is 17.0 Å². The van der Waals surface area contributed by atoms with E-state index in [0.29, 0.717) is 12.3 Å². The maximum Gasteiger partial charge on any atom is 0.242 e. The van der Waals surface area contributed by atoms with Crippen LogP contribution < -0.4 is 4.72 Å². The van der Waals surface area contributed by atoms with Crippen LogP contribution in [0.3, 0.4) is 0 Å². The van der Waals surface area contributed by atoms with Gasteiger partial charge >= 0.3 is 0 Å². The average molecular weight is 321 g/mol. The van der Waals surface area contributed by atoms with Crippen molar-refractivity contribution in [3.05, 3.63) is 28.0 Å². The van der Waals surface area contributed by atoms with E-state index in [0.717, 1.165) is 12.1 Å². The minimum atomic E-state index is -3.84. The fraction of sp³-hybridized carbons (Fsp3) is 0.333. The molecule has 8 heteroatoms. The molecule has 0 saturated carbocycles. The van der Waals surface area contributed by atoms with Gasteiger partial charge in [0.1, 0.15) is 4.90 Å². The molecule has 1 aromatic rings. The second kappa shape index (κ2) is 6.20. The van der Waals surface area contributed by atoms with Gasteiger partial charge in [-0.2, -0.15) is 0 Å². The molecule has 0 heterocycles. The van der Waals surface area contributed by atoms with Gasteiger partial charge in [0.05, 0.1) is 10.0 Å². The molecule has 0 atom stereocenters. The Morgan fingerprint density at radius 2 is 1.94 bits per heavy atom. The summed E-state index contributed by atoms with van der Waals surface area (Å²) in [5, 5.41) is -0.745. The van der Waals surface area contributed by atoms with Gasteiger partial charge in [0.25, 0.3) is 0 Å². The van der Waals surface area contributed by atoms with Gasteiger partial charge in [-0.05, 0) is 18.6 Å². The van der Waals surface area contributed by atoms with Gasteiger partial charge < -0.3 is 0 Å². The van der Waals surface area contributed by atoms with Gasteiger partial charge in [0, 0.05) is 12.4 Å². The number of alkyl halides is 1. The zero-order chi connectivity index (χ0) is 13.1. The maximum absolute atomic E-state index is 13.3. The number of benzene rings is 1. The lowest BCUT2D eigenvalue weighted by molar-refractivity contribution is 0.577. The minimum absolute atomic E-state index is 0.159. The molecule has 0 aliphatic carbocycles. The van der Waals surface area contributed by atoms with Crippen LogP contribution >= 0.6 is 34.8 Å². The monoisotopic (exact) mass is 319 g/mol. The third kappa shape index (κ3) is 3.69. The highest BCUT2D eigenvalue weighted by atomic mass is 35.5. The molecular weight excluding hydrogens is 312 g/mol. The Morgan fingerprint density at radius 3 is 2.53 bits per heavy atom. The Kier molecular flexibility index (Phi) is 5.47. The van der Waals surface area contributed by atoms with E-state index in [4.69, 9.17) is 34.8 Å². The Balaban J connectivity index is 3.04. The van der Waals surface area contributed by atoms with Gasteiger partial charge in [-0.3, -0.25) is 0 Å². The maximum atomic E-state index is 13.3. The van der Waals surface area contributed by atoms with Crippen molar-refractivity contribution < 1.29 is 12.8 Å². The van der Waals surface area contributed by atoms with Crippen molar-refractivity contribution in [3.63, 3.8) is 0 Å². The number of hydrogen-bond donors (Lipinski definition) is 1. The van der Waals surface area contributed by atoms with Gasteiger partial charge in [-0.25, -0.2) is 17.5 Å². The van der Waals surface area contributed by atoms with Crippen molar-refractivity contribution in [2.45, 2.75) is 11.3 Å². The first kappa shape index (κ1) is 15.0. The first-order valence-electron chi connectivity index (χ1n) is 4.59. The molecule has 0 fully saturated rings. The zero-order valence-electron chi connectivity index (χ0n) is 8.51. The van der Waals surface area contributed by atoms with Crippen LogP contribution in [0.1, 0.15) is 6.42 Å². The van der Waals surface area contributed by atoms with Crippen LogP contribution in [0, 0.1) is 5.82 Å². The van der Waals surface area contributed by atoms with Crippen molar-refractivity contribution in [1.29, 1.82) is 0 Å². The second-order valence-electron chi connectivity index (χ2n) is 3.11. The lowest BCUT2D eigenvalue weighted by Crippen LogP contribution is -2.25. The van der Waals surface area contributed by atoms with E-state index >= 15 is 0 Å². The summed E-state index contributed by atoms with van der Waals surface area (Å²) in [7, 11) is -3.84. The lowest BCUT2D eigenvalue weighted by atomic mass is 10.3. The smallest absolute Gasteiger partial charge is 0.211 e. The summed E-state index contributed by atoms with van der Waals surface area (Å²) in [6, 6.07) is 2.29. The molecular formula is C9H9Cl3FNO2S. The number of nitrogens with one attached hydrogen (secondary N) is 1. The molecule has 0 bridgehead atoms. The van der Waals surface area contributed by atoms with Crippen LogP contribution in [0.25, 0.3) is 0 Å². The van der Waals surface area contributed by atoms with Crippen molar-refractivity contribution >= 4 is 44.8 Å². The molecule has 96 valence electrons. The quantitative estimate of drug-likeness (QED) is 0.515. The van der Waals surface area contributed by atoms with Crippen LogP contribution in [-0.4, -0.2) is 20.8 Å². The fourth-order valence-electron chi connectivity index (χ4n) is 1.07. The summed E-state index contributed by atoms with van der Waals surface area (Å²) < 4.78 is 39.1. The number of hydrogen-bond acceptors (Lipinski definition) is 2. The molecule has 0 amide bonds. The van der Waals surface area contributed by atoms with Crippen molar-refractivity contribution in [3.8, 4) is 0 Å². The van der Waals surface area contributed by atoms with E-state index in [2.05, 4.69) is 4.72 Å². The molecule has 0 spiro atoms. The first-order chi connectivity index (χ1) is 7.90. The van der Waals surface area contributed by atoms with Gasteiger partial charge in [-0.15, -0.1) is 11.6 Å². The highest BCUT2D eigenvalue weighted by Crippen LogP contribution is 2.29. The van der Waals surface area contributed by atoms with Gasteiger partial charge in [0.2, 0.25) is 10.0 Å². The van der Waals surface area contributed by atoms with E-state index in [1.165, 1.54) is 0 Å². The minimum Gasteiger partial charge on any atom is -0.211 e. The predicted molar refractivity (Wildman–Crippen MR) is 66.9 cm³/mol. The number of sulfonamides is 1. The predicted octanol–water partition coefficient (Wildman–Crippen LogP) is 3.04. The number of rotatable bonds is 5. The van der Waals surface area contributed by atoms with Crippen molar-refractivity contribution in [2.75, 3.05) is 12.4 Å². The molecule has 1 aromatic carbocycles. The normalized spacial score (nSPS) is 11.8. The molecule has 0 aliphatic heterocycles. The van der Waals surface area contributed by atoms with Crippen LogP contribution in [0.2, 0.25) is 10.0 Å². The SMILES string of the molecule is O=S(=O)(NCCCCl)c1ccc(Cl)c(F)c1Cl. The summed E-state index contributed by atoms with van der Waals surface area (Å²) in [6.45, 7) is 0.159. The third-order valence-electron chi connectivity index (χ3n) is 1.89. The van der Waals surface area contributed by atoms with Gasteiger partial charge in [-0.1, -0.05) is 23.2 Å². The summed E-state index contributed by atoms with van der Waals surface area (Å²) in [4.78, 5) is -0.337. The molecule has 0 saturated heterocycles. The molecule has 17 heavy (non-hydrogen) atoms. The molecule has 0 unspecified atom stereocenters. The highest BCUT2D eigenvalue weighted by molar-refractivity contribution is 7.89. The van der Waals surface area contributed by atoms with E-state index in [1.54, 1.807) is 0 Å². The Bertz CT molecular complexity index is 507. The standard InChI is InChI=1S/C9H9Cl3FNO2S/c10-4-1-5-14-17(15,16)7-3-2-6(11)9(13)8(7)12/h2-3,14H,1,4-5H2. The summed E-state index contributed by atoms with van der Waals surface area (Å²) in [6.07, 6.45) is 0.467. The second-order valence-corrected chi connectivity index (χ2v) is 6.01. The van der Waals surface area contributed by atoms with E-state index in [1.807, 2.05) is 0 Å². The molecule has 0 aromatic heterocycles. The molecule has 0 radical (unpaired) electrons. The van der Waals surface area contributed by atoms with E-state index in [-0.39, 0.29) is 16.5 Å². The summed E-state index contributed by atoms with van der Waals surface area (Å²) >= 11 is 16.5. The van der Waals surface area contributed by atoms with E-state index < -0.39 is 20.9 Å². The van der Waals surface area contributed by atoms with Gasteiger partial charge in [0.15, 0.2) is 5.82 Å². The van der Waals surface area contributed by atoms with Crippen LogP contribution in [-0.2, 0) is 10.0 Å². The fourth-order valence-corrected chi connectivity index (χ4v) is 3.02. The molecule has 0 aliphatic rings. The average Bonchev–Trinajstić information content (AvgIpc) is 2.26. The Hall–Kier alpha value is -0.0700. The van der Waals surface area contributed by atoms with Crippen LogP contribution in [0.5, 0.6) is 0 Å². The summed E-state index contributed by atoms with van der Waals surface area (Å²) in [5.74, 6) is -0.626. The first-order valence-corrected chi connectivity index (χ1v) is 7.36. The van der Waals surface area contributed by atoms with Crippen LogP contribution in [0.4, 0.5) is 4.39 Å². The topological polar surface area (TPSA) is 46.2 Å². The zero-order valence-corrected chi connectivity index (χ0v) is 11.6. The molecule has 1 rings (SSSR count). The summed E-state index contributed by atoms with van der Waals surface area (Å²) in [5.41, 5.74) is 0. The third-order valence-corrected chi connectivity index (χ3v) is 4.44. The van der Waals surface area contributed by atoms with E-state index in [9.17, 15) is 12.8 Å².